The number of nitrogens with zero attached hydrogens (tertiary/aromatic N) is 2. The number of hydrogen-bond donors (Lipinski definition) is 0. The predicted molar refractivity (Wildman–Crippen MR) is 252 cm³/mol. The lowest BCUT2D eigenvalue weighted by molar-refractivity contribution is 0.813. The Morgan fingerprint density at radius 3 is 2.03 bits per heavy atom. The Labute approximate surface area is 355 Å². The first-order chi connectivity index (χ1) is 30.4. The molecule has 4 heterocycles. The average Bonchev–Trinajstić information content (AvgIpc) is 4.03. The van der Waals surface area contributed by atoms with Crippen molar-refractivity contribution in [3.63, 3.8) is 0 Å². The highest BCUT2D eigenvalue weighted by Crippen LogP contribution is 2.67. The van der Waals surface area contributed by atoms with Gasteiger partial charge in [0, 0.05) is 67.9 Å². The Morgan fingerprint density at radius 2 is 1.19 bits per heavy atom. The van der Waals surface area contributed by atoms with Crippen molar-refractivity contribution in [2.24, 2.45) is 0 Å². The molecule has 8 aromatic carbocycles. The van der Waals surface area contributed by atoms with Crippen LogP contribution < -0.4 is 25.5 Å². The van der Waals surface area contributed by atoms with E-state index >= 15 is 0 Å². The first-order valence-electron chi connectivity index (χ1n) is 21.7. The molecule has 0 N–H and O–H groups in total. The number of aryl methyl sites for hydroxylation is 1. The van der Waals surface area contributed by atoms with Gasteiger partial charge in [-0.2, -0.15) is 0 Å². The molecule has 2 aliphatic heterocycles. The maximum atomic E-state index is 8.08. The fourth-order valence-electron chi connectivity index (χ4n) is 11.1. The highest BCUT2D eigenvalue weighted by atomic mass is 32.1. The van der Waals surface area contributed by atoms with Gasteiger partial charge in [0.1, 0.15) is 0 Å². The van der Waals surface area contributed by atoms with Crippen molar-refractivity contribution >= 4 is 99.4 Å². The van der Waals surface area contributed by atoms with Crippen molar-refractivity contribution in [2.75, 3.05) is 9.80 Å². The topological polar surface area (TPSA) is 6.48 Å². The fraction of sp³-hybridized carbons (Fsp3) is 0.0370. The molecule has 10 aromatic rings. The van der Waals surface area contributed by atoms with Crippen molar-refractivity contribution in [1.29, 1.82) is 0 Å². The number of para-hydroxylation sites is 2. The van der Waals surface area contributed by atoms with Crippen LogP contribution in [0.15, 0.2) is 182 Å². The van der Waals surface area contributed by atoms with E-state index in [1.165, 1.54) is 85.4 Å². The predicted octanol–water partition coefficient (Wildman–Crippen LogP) is 12.9. The minimum atomic E-state index is -2.18. The van der Waals surface area contributed by atoms with Crippen LogP contribution in [0.25, 0.3) is 42.4 Å². The van der Waals surface area contributed by atoms with Crippen LogP contribution in [0.5, 0.6) is 0 Å². The van der Waals surface area contributed by atoms with Crippen LogP contribution in [0, 0.1) is 6.85 Å². The third-order valence-electron chi connectivity index (χ3n) is 13.3. The lowest BCUT2D eigenvalue weighted by Gasteiger charge is -2.43. The van der Waals surface area contributed by atoms with Crippen molar-refractivity contribution < 1.29 is 4.11 Å². The third-order valence-corrected chi connectivity index (χ3v) is 15.8. The molecule has 1 unspecified atom stereocenters. The zero-order chi connectivity index (χ0) is 41.1. The molecule has 0 bridgehead atoms. The summed E-state index contributed by atoms with van der Waals surface area (Å²) in [4.78, 5) is 6.25. The molecule has 274 valence electrons. The summed E-state index contributed by atoms with van der Waals surface area (Å²) in [5.41, 5.74) is 18.3. The molecule has 0 fully saturated rings. The standard InChI is InChI=1S/C54H33BN2S2/c1-32-26-28-34(29-27-32)56-44-22-11-10-21-43(44)55-50-45(56)23-13-24-46(50)57(33-14-3-2-4-15-33)51-49-37-18-6-9-20-41(37)54(52(49)59-53(51)55)40-19-8-5-16-35(40)38-31-48-39(30-42(38)54)36-17-7-12-25-47(36)58-48/h2-31H,1H3/i1D3. The Bertz CT molecular complexity index is 3550. The molecule has 0 radical (unpaired) electrons. The highest BCUT2D eigenvalue weighted by Gasteiger charge is 2.57. The van der Waals surface area contributed by atoms with Crippen LogP contribution in [-0.4, -0.2) is 6.71 Å². The molecule has 1 atom stereocenters. The number of rotatable bonds is 2. The van der Waals surface area contributed by atoms with E-state index in [-0.39, 0.29) is 6.71 Å². The largest absolute Gasteiger partial charge is 0.311 e. The highest BCUT2D eigenvalue weighted by molar-refractivity contribution is 7.30. The first kappa shape index (κ1) is 29.5. The molecule has 2 aromatic heterocycles. The second-order valence-corrected chi connectivity index (χ2v) is 18.2. The summed E-state index contributed by atoms with van der Waals surface area (Å²) in [6.07, 6.45) is 0. The van der Waals surface area contributed by atoms with E-state index in [0.717, 1.165) is 28.4 Å². The maximum absolute atomic E-state index is 8.08. The van der Waals surface area contributed by atoms with Gasteiger partial charge in [-0.15, -0.1) is 22.7 Å². The van der Waals surface area contributed by atoms with Gasteiger partial charge in [-0.3, -0.25) is 0 Å². The van der Waals surface area contributed by atoms with Crippen molar-refractivity contribution in [2.45, 2.75) is 12.3 Å². The van der Waals surface area contributed by atoms with Gasteiger partial charge in [-0.1, -0.05) is 127 Å². The number of hydrogen-bond acceptors (Lipinski definition) is 4. The lowest BCUT2D eigenvalue weighted by Crippen LogP contribution is -2.60. The number of fused-ring (bicyclic) bond motifs is 18. The molecule has 1 spiro atoms. The van der Waals surface area contributed by atoms with E-state index in [0.29, 0.717) is 5.56 Å². The molecular weight excluding hydrogens is 752 g/mol. The summed E-state index contributed by atoms with van der Waals surface area (Å²) in [6.45, 7) is -2.22. The van der Waals surface area contributed by atoms with Gasteiger partial charge in [0.05, 0.1) is 11.1 Å². The van der Waals surface area contributed by atoms with E-state index in [9.17, 15) is 0 Å². The van der Waals surface area contributed by atoms with E-state index in [1.807, 2.05) is 34.8 Å². The minimum absolute atomic E-state index is 0.0375. The number of anilines is 6. The van der Waals surface area contributed by atoms with E-state index < -0.39 is 12.3 Å². The number of thiophene rings is 2. The molecule has 0 amide bonds. The average molecular weight is 788 g/mol. The van der Waals surface area contributed by atoms with Crippen LogP contribution in [0.1, 0.15) is 31.2 Å². The van der Waals surface area contributed by atoms with Crippen molar-refractivity contribution in [3.8, 4) is 22.3 Å². The zero-order valence-corrected chi connectivity index (χ0v) is 33.2. The van der Waals surface area contributed by atoms with Crippen LogP contribution in [0.4, 0.5) is 34.1 Å². The fourth-order valence-corrected chi connectivity index (χ4v) is 13.9. The molecule has 2 aliphatic carbocycles. The third kappa shape index (κ3) is 3.98. The van der Waals surface area contributed by atoms with Gasteiger partial charge in [-0.05, 0) is 112 Å². The Balaban J connectivity index is 1.10. The molecule has 0 saturated heterocycles. The molecule has 5 heteroatoms. The monoisotopic (exact) mass is 787 g/mol. The first-order valence-corrected chi connectivity index (χ1v) is 21.8. The molecule has 4 aliphatic rings. The second kappa shape index (κ2) is 11.5. The maximum Gasteiger partial charge on any atom is 0.264 e. The smallest absolute Gasteiger partial charge is 0.264 e. The van der Waals surface area contributed by atoms with Crippen LogP contribution >= 0.6 is 22.7 Å². The summed E-state index contributed by atoms with van der Waals surface area (Å²) < 4.78 is 28.2. The summed E-state index contributed by atoms with van der Waals surface area (Å²) >= 11 is 3.89. The van der Waals surface area contributed by atoms with Gasteiger partial charge in [0.25, 0.3) is 6.71 Å². The van der Waals surface area contributed by atoms with E-state index in [2.05, 4.69) is 168 Å². The molecule has 2 nitrogen and oxygen atoms in total. The van der Waals surface area contributed by atoms with Gasteiger partial charge < -0.3 is 9.80 Å². The lowest BCUT2D eigenvalue weighted by atomic mass is 9.36. The zero-order valence-electron chi connectivity index (χ0n) is 34.6. The normalized spacial score (nSPS) is 17.2. The van der Waals surface area contributed by atoms with Crippen molar-refractivity contribution in [3.05, 3.63) is 209 Å². The van der Waals surface area contributed by atoms with Gasteiger partial charge in [0.15, 0.2) is 0 Å². The molecule has 14 rings (SSSR count). The summed E-state index contributed by atoms with van der Waals surface area (Å²) in [6, 6.07) is 66.1. The molecule has 0 saturated carbocycles. The summed E-state index contributed by atoms with van der Waals surface area (Å²) in [5, 5.41) is 2.63. The van der Waals surface area contributed by atoms with Gasteiger partial charge in [-0.25, -0.2) is 0 Å². The minimum Gasteiger partial charge on any atom is -0.311 e. The quantitative estimate of drug-likeness (QED) is 0.161. The summed E-state index contributed by atoms with van der Waals surface area (Å²) in [5.74, 6) is 0. The van der Waals surface area contributed by atoms with Gasteiger partial charge in [0.2, 0.25) is 0 Å². The van der Waals surface area contributed by atoms with Gasteiger partial charge >= 0.3 is 0 Å². The van der Waals surface area contributed by atoms with E-state index in [4.69, 9.17) is 4.11 Å². The van der Waals surface area contributed by atoms with Crippen LogP contribution in [0.3, 0.4) is 0 Å². The van der Waals surface area contributed by atoms with Crippen molar-refractivity contribution in [1.82, 2.24) is 0 Å². The van der Waals surface area contributed by atoms with E-state index in [1.54, 1.807) is 12.1 Å². The SMILES string of the molecule is [2H]C([2H])([2H])c1ccc(N2c3ccccc3B3c4sc5c(c4N(c4ccccc4)c4cccc2c43)-c2ccccc2C52c3ccccc3-c3cc4sc5ccccc5c4cc32)cc1. The Hall–Kier alpha value is -6.66. The molecule has 59 heavy (non-hydrogen) atoms. The summed E-state index contributed by atoms with van der Waals surface area (Å²) in [7, 11) is 0. The van der Waals surface area contributed by atoms with Crippen LogP contribution in [0.2, 0.25) is 0 Å². The molecular formula is C54H33BN2S2. The Morgan fingerprint density at radius 1 is 0.508 bits per heavy atom. The Kier molecular flexibility index (Phi) is 5.76. The van der Waals surface area contributed by atoms with Crippen LogP contribution in [-0.2, 0) is 5.41 Å². The number of benzene rings is 8. The second-order valence-electron chi connectivity index (χ2n) is 16.1.